The van der Waals surface area contributed by atoms with Crippen molar-refractivity contribution >= 4 is 40.6 Å². The molecule has 2 aromatic carbocycles. The van der Waals surface area contributed by atoms with Gasteiger partial charge >= 0.3 is 6.18 Å². The highest BCUT2D eigenvalue weighted by Gasteiger charge is 2.32. The molecule has 0 bridgehead atoms. The minimum absolute atomic E-state index is 0.0430. The fraction of sp³-hybridized carbons (Fsp3) is 0.150. The molecule has 1 aromatic heterocycles. The second kappa shape index (κ2) is 11.0. The second-order valence-corrected chi connectivity index (χ2v) is 7.11. The first-order valence-corrected chi connectivity index (χ1v) is 9.91. The van der Waals surface area contributed by atoms with Crippen LogP contribution in [-0.4, -0.2) is 32.3 Å². The summed E-state index contributed by atoms with van der Waals surface area (Å²) in [6.45, 7) is 1.93. The molecular weight excluding hydrogens is 502 g/mol. The average Bonchev–Trinajstić information content (AvgIpc) is 3.15. The van der Waals surface area contributed by atoms with E-state index in [1.165, 1.54) is 12.1 Å². The molecule has 178 valence electrons. The minimum Gasteiger partial charge on any atom is -0.397 e. The topological polar surface area (TPSA) is 134 Å². The monoisotopic (exact) mass is 515 g/mol. The summed E-state index contributed by atoms with van der Waals surface area (Å²) in [6, 6.07) is 8.83. The highest BCUT2D eigenvalue weighted by Crippen LogP contribution is 2.38. The molecule has 0 saturated carbocycles. The summed E-state index contributed by atoms with van der Waals surface area (Å²) in [5.41, 5.74) is -1.63. The van der Waals surface area contributed by atoms with Gasteiger partial charge < -0.3 is 10.4 Å². The number of nitro groups is 1. The number of benzene rings is 2. The first kappa shape index (κ1) is 26.6. The Kier molecular flexibility index (Phi) is 8.58. The summed E-state index contributed by atoms with van der Waals surface area (Å²) in [6.07, 6.45) is -4.69. The molecule has 0 atom stereocenters. The summed E-state index contributed by atoms with van der Waals surface area (Å²) in [5.74, 6) is -0.830. The zero-order valence-corrected chi connectivity index (χ0v) is 18.6. The van der Waals surface area contributed by atoms with Gasteiger partial charge in [-0.05, 0) is 31.2 Å². The SMILES string of the molecule is CCO.N#Cc1cc(NC(=O)c2ccc([N+](=O)[O-])cc2)n(-c2c(Cl)cc(C(F)(F)F)cc2Cl)n1. The summed E-state index contributed by atoms with van der Waals surface area (Å²) in [5, 5.41) is 32.9. The van der Waals surface area contributed by atoms with Crippen LogP contribution >= 0.6 is 23.2 Å². The number of non-ortho nitro benzene ring substituents is 1. The van der Waals surface area contributed by atoms with Crippen LogP contribution in [0.5, 0.6) is 0 Å². The van der Waals surface area contributed by atoms with Crippen LogP contribution in [0.2, 0.25) is 10.0 Å². The lowest BCUT2D eigenvalue weighted by molar-refractivity contribution is -0.384. The Morgan fingerprint density at radius 1 is 1.24 bits per heavy atom. The quantitative estimate of drug-likeness (QED) is 0.360. The molecule has 3 rings (SSSR count). The van der Waals surface area contributed by atoms with Crippen LogP contribution in [0.25, 0.3) is 5.69 Å². The van der Waals surface area contributed by atoms with Gasteiger partial charge in [0.1, 0.15) is 17.6 Å². The first-order valence-electron chi connectivity index (χ1n) is 9.16. The number of carbonyl (C=O) groups excluding carboxylic acids is 1. The van der Waals surface area contributed by atoms with E-state index >= 15 is 0 Å². The number of alkyl halides is 3. The number of amides is 1. The fourth-order valence-corrected chi connectivity index (χ4v) is 3.20. The molecule has 3 aromatic rings. The molecule has 0 aliphatic rings. The van der Waals surface area contributed by atoms with Crippen LogP contribution in [0.1, 0.15) is 28.5 Å². The van der Waals surface area contributed by atoms with Crippen molar-refractivity contribution in [2.75, 3.05) is 11.9 Å². The van der Waals surface area contributed by atoms with Crippen molar-refractivity contribution in [1.29, 1.82) is 5.26 Å². The lowest BCUT2D eigenvalue weighted by atomic mass is 10.2. The van der Waals surface area contributed by atoms with E-state index in [0.29, 0.717) is 12.1 Å². The standard InChI is InChI=1S/C18H8Cl2F3N5O3.C2H6O/c19-13-5-10(18(21,22)23)6-14(20)16(13)27-15(7-11(8-24)26-27)25-17(29)9-1-3-12(4-2-9)28(30)31;1-2-3/h1-7H,(H,25,29);3H,2H2,1H3. The number of nitro benzene ring substituents is 1. The Balaban J connectivity index is 0.00000129. The molecule has 14 heteroatoms. The maximum Gasteiger partial charge on any atom is 0.416 e. The van der Waals surface area contributed by atoms with Crippen molar-refractivity contribution < 1.29 is 28.0 Å². The lowest BCUT2D eigenvalue weighted by Gasteiger charge is -2.14. The number of aliphatic hydroxyl groups is 1. The Morgan fingerprint density at radius 3 is 2.21 bits per heavy atom. The third-order valence-corrected chi connectivity index (χ3v) is 4.54. The summed E-state index contributed by atoms with van der Waals surface area (Å²) in [4.78, 5) is 22.6. The predicted octanol–water partition coefficient (Wildman–Crippen LogP) is 5.23. The molecule has 0 fully saturated rings. The van der Waals surface area contributed by atoms with Crippen LogP contribution in [-0.2, 0) is 6.18 Å². The van der Waals surface area contributed by atoms with Crippen molar-refractivity contribution in [3.8, 4) is 11.8 Å². The molecular formula is C20H14Cl2F3N5O4. The number of nitrogens with zero attached hydrogens (tertiary/aromatic N) is 4. The Labute approximate surface area is 200 Å². The lowest BCUT2D eigenvalue weighted by Crippen LogP contribution is -2.16. The number of rotatable bonds is 4. The van der Waals surface area contributed by atoms with E-state index in [1.807, 2.05) is 0 Å². The Morgan fingerprint density at radius 2 is 1.76 bits per heavy atom. The summed E-state index contributed by atoms with van der Waals surface area (Å²) in [7, 11) is 0. The zero-order valence-electron chi connectivity index (χ0n) is 17.1. The van der Waals surface area contributed by atoms with Crippen LogP contribution < -0.4 is 5.32 Å². The number of hydrogen-bond acceptors (Lipinski definition) is 6. The van der Waals surface area contributed by atoms with Gasteiger partial charge in [-0.2, -0.15) is 23.5 Å². The van der Waals surface area contributed by atoms with Crippen molar-refractivity contribution in [3.63, 3.8) is 0 Å². The van der Waals surface area contributed by atoms with E-state index in [1.54, 1.807) is 13.0 Å². The van der Waals surface area contributed by atoms with Crippen molar-refractivity contribution in [1.82, 2.24) is 9.78 Å². The van der Waals surface area contributed by atoms with Crippen LogP contribution in [0, 0.1) is 21.4 Å². The normalized spacial score (nSPS) is 10.6. The largest absolute Gasteiger partial charge is 0.416 e. The molecule has 2 N–H and O–H groups in total. The number of anilines is 1. The van der Waals surface area contributed by atoms with Gasteiger partial charge in [-0.15, -0.1) is 0 Å². The molecule has 34 heavy (non-hydrogen) atoms. The van der Waals surface area contributed by atoms with Crippen molar-refractivity contribution in [2.24, 2.45) is 0 Å². The maximum absolute atomic E-state index is 13.0. The first-order chi connectivity index (χ1) is 15.9. The van der Waals surface area contributed by atoms with Gasteiger partial charge in [-0.1, -0.05) is 23.2 Å². The van der Waals surface area contributed by atoms with E-state index < -0.39 is 32.6 Å². The number of aromatic nitrogens is 2. The molecule has 0 spiro atoms. The van der Waals surface area contributed by atoms with Crippen LogP contribution in [0.3, 0.4) is 0 Å². The number of nitrogens with one attached hydrogen (secondary N) is 1. The number of aliphatic hydroxyl groups excluding tert-OH is 1. The number of hydrogen-bond donors (Lipinski definition) is 2. The molecule has 1 amide bonds. The average molecular weight is 516 g/mol. The van der Waals surface area contributed by atoms with Crippen LogP contribution in [0.15, 0.2) is 42.5 Å². The minimum atomic E-state index is -4.69. The predicted molar refractivity (Wildman–Crippen MR) is 117 cm³/mol. The van der Waals surface area contributed by atoms with E-state index in [-0.39, 0.29) is 35.1 Å². The van der Waals surface area contributed by atoms with Gasteiger partial charge in [0.15, 0.2) is 5.69 Å². The molecule has 0 aliphatic heterocycles. The zero-order chi connectivity index (χ0) is 25.6. The maximum atomic E-state index is 13.0. The highest BCUT2D eigenvalue weighted by molar-refractivity contribution is 6.38. The van der Waals surface area contributed by atoms with E-state index in [2.05, 4.69) is 10.4 Å². The fourth-order valence-electron chi connectivity index (χ4n) is 2.55. The summed E-state index contributed by atoms with van der Waals surface area (Å²) < 4.78 is 39.9. The van der Waals surface area contributed by atoms with Gasteiger partial charge in [0.05, 0.1) is 20.5 Å². The van der Waals surface area contributed by atoms with Gasteiger partial charge in [-0.25, -0.2) is 4.68 Å². The third kappa shape index (κ3) is 6.22. The molecule has 1 heterocycles. The van der Waals surface area contributed by atoms with E-state index in [0.717, 1.165) is 22.9 Å². The number of nitriles is 1. The molecule has 0 unspecified atom stereocenters. The van der Waals surface area contributed by atoms with Crippen molar-refractivity contribution in [2.45, 2.75) is 13.1 Å². The molecule has 9 nitrogen and oxygen atoms in total. The number of carbonyl (C=O) groups is 1. The van der Waals surface area contributed by atoms with Gasteiger partial charge in [0.2, 0.25) is 0 Å². The van der Waals surface area contributed by atoms with E-state index in [9.17, 15) is 28.1 Å². The Bertz CT molecular complexity index is 1230. The molecule has 0 radical (unpaired) electrons. The van der Waals surface area contributed by atoms with Crippen molar-refractivity contribution in [3.05, 3.63) is 79.4 Å². The second-order valence-electron chi connectivity index (χ2n) is 6.30. The molecule has 0 saturated heterocycles. The van der Waals surface area contributed by atoms with Gasteiger partial charge in [0, 0.05) is 30.4 Å². The van der Waals surface area contributed by atoms with Gasteiger partial charge in [-0.3, -0.25) is 14.9 Å². The third-order valence-electron chi connectivity index (χ3n) is 3.96. The summed E-state index contributed by atoms with van der Waals surface area (Å²) >= 11 is 12.0. The smallest absolute Gasteiger partial charge is 0.397 e. The van der Waals surface area contributed by atoms with E-state index in [4.69, 9.17) is 33.6 Å². The molecule has 0 aliphatic carbocycles. The highest BCUT2D eigenvalue weighted by atomic mass is 35.5. The van der Waals surface area contributed by atoms with Gasteiger partial charge in [0.25, 0.3) is 11.6 Å². The Hall–Kier alpha value is -3.66. The van der Waals surface area contributed by atoms with Crippen LogP contribution in [0.4, 0.5) is 24.7 Å². The number of halogens is 5.